The second-order valence-corrected chi connectivity index (χ2v) is 3.78. The summed E-state index contributed by atoms with van der Waals surface area (Å²) in [6.07, 6.45) is 6.87. The van der Waals surface area contributed by atoms with Crippen molar-refractivity contribution in [3.63, 3.8) is 0 Å². The van der Waals surface area contributed by atoms with Gasteiger partial charge in [-0.05, 0) is 32.4 Å². The molecular formula is C10H17N3. The highest BCUT2D eigenvalue weighted by molar-refractivity contribution is 5.73. The molecule has 72 valence electrons. The molecule has 2 N–H and O–H groups in total. The van der Waals surface area contributed by atoms with Crippen molar-refractivity contribution in [2.45, 2.75) is 25.9 Å². The summed E-state index contributed by atoms with van der Waals surface area (Å²) < 4.78 is 0. The number of nitrogens with one attached hydrogen (secondary N) is 2. The molecule has 2 aliphatic rings. The van der Waals surface area contributed by atoms with Crippen molar-refractivity contribution < 1.29 is 0 Å². The van der Waals surface area contributed by atoms with Gasteiger partial charge in [-0.25, -0.2) is 0 Å². The van der Waals surface area contributed by atoms with Crippen molar-refractivity contribution in [3.8, 4) is 0 Å². The summed E-state index contributed by atoms with van der Waals surface area (Å²) in [7, 11) is 0. The highest BCUT2D eigenvalue weighted by atomic mass is 15.1. The predicted octanol–water partition coefficient (Wildman–Crippen LogP) is 0.890. The monoisotopic (exact) mass is 179 g/mol. The number of rotatable bonds is 1. The maximum Gasteiger partial charge on any atom is 0.115 e. The van der Waals surface area contributed by atoms with Gasteiger partial charge in [0.1, 0.15) is 6.17 Å². The maximum absolute atomic E-state index is 4.24. The van der Waals surface area contributed by atoms with Crippen LogP contribution < -0.4 is 10.6 Å². The lowest BCUT2D eigenvalue weighted by molar-refractivity contribution is 0.395. The molecule has 0 aliphatic carbocycles. The van der Waals surface area contributed by atoms with Crippen LogP contribution in [0, 0.1) is 5.92 Å². The lowest BCUT2D eigenvalue weighted by Gasteiger charge is -2.28. The van der Waals surface area contributed by atoms with Crippen LogP contribution in [-0.4, -0.2) is 25.5 Å². The van der Waals surface area contributed by atoms with Gasteiger partial charge in [0, 0.05) is 24.4 Å². The molecule has 0 saturated carbocycles. The Labute approximate surface area is 79.3 Å². The molecule has 2 atom stereocenters. The van der Waals surface area contributed by atoms with Gasteiger partial charge < -0.3 is 10.6 Å². The smallest absolute Gasteiger partial charge is 0.115 e. The summed E-state index contributed by atoms with van der Waals surface area (Å²) in [4.78, 5) is 4.24. The quantitative estimate of drug-likeness (QED) is 0.627. The van der Waals surface area contributed by atoms with Gasteiger partial charge in [-0.1, -0.05) is 0 Å². The molecule has 2 unspecified atom stereocenters. The van der Waals surface area contributed by atoms with Crippen LogP contribution >= 0.6 is 0 Å². The SMILES string of the molecule is CC1N=CC=C(C2CCCNC2)N1. The molecule has 0 aromatic rings. The third kappa shape index (κ3) is 2.10. The summed E-state index contributed by atoms with van der Waals surface area (Å²) in [6, 6.07) is 0. The van der Waals surface area contributed by atoms with E-state index in [1.807, 2.05) is 6.21 Å². The van der Waals surface area contributed by atoms with E-state index in [4.69, 9.17) is 0 Å². The van der Waals surface area contributed by atoms with E-state index in [1.165, 1.54) is 25.1 Å². The average Bonchev–Trinajstić information content (AvgIpc) is 2.19. The highest BCUT2D eigenvalue weighted by Gasteiger charge is 2.19. The first-order chi connectivity index (χ1) is 6.36. The fourth-order valence-corrected chi connectivity index (χ4v) is 1.95. The van der Waals surface area contributed by atoms with Crippen molar-refractivity contribution >= 4 is 6.21 Å². The normalized spacial score (nSPS) is 33.8. The highest BCUT2D eigenvalue weighted by Crippen LogP contribution is 2.18. The third-order valence-electron chi connectivity index (χ3n) is 2.68. The zero-order valence-electron chi connectivity index (χ0n) is 8.09. The number of aliphatic imine (C=N–C) groups is 1. The second kappa shape index (κ2) is 3.92. The van der Waals surface area contributed by atoms with Gasteiger partial charge in [-0.15, -0.1) is 0 Å². The Bertz CT molecular complexity index is 226. The second-order valence-electron chi connectivity index (χ2n) is 3.78. The Morgan fingerprint density at radius 3 is 3.15 bits per heavy atom. The van der Waals surface area contributed by atoms with Crippen LogP contribution in [0.1, 0.15) is 19.8 Å². The van der Waals surface area contributed by atoms with Crippen LogP contribution in [0.4, 0.5) is 0 Å². The van der Waals surface area contributed by atoms with Crippen LogP contribution in [-0.2, 0) is 0 Å². The Hall–Kier alpha value is -0.830. The minimum atomic E-state index is 0.252. The fraction of sp³-hybridized carbons (Fsp3) is 0.700. The van der Waals surface area contributed by atoms with Gasteiger partial charge >= 0.3 is 0 Å². The molecule has 1 fully saturated rings. The molecule has 0 aromatic carbocycles. The van der Waals surface area contributed by atoms with E-state index < -0.39 is 0 Å². The molecule has 0 bridgehead atoms. The van der Waals surface area contributed by atoms with Crippen molar-refractivity contribution in [1.82, 2.24) is 10.6 Å². The van der Waals surface area contributed by atoms with Crippen LogP contribution in [0.2, 0.25) is 0 Å². The molecule has 13 heavy (non-hydrogen) atoms. The van der Waals surface area contributed by atoms with Crippen LogP contribution in [0.15, 0.2) is 16.8 Å². The summed E-state index contributed by atoms with van der Waals surface area (Å²) in [5.74, 6) is 0.669. The van der Waals surface area contributed by atoms with Gasteiger partial charge in [0.2, 0.25) is 0 Å². The zero-order chi connectivity index (χ0) is 9.10. The van der Waals surface area contributed by atoms with E-state index in [0.29, 0.717) is 5.92 Å². The van der Waals surface area contributed by atoms with Gasteiger partial charge in [0.05, 0.1) is 0 Å². The lowest BCUT2D eigenvalue weighted by atomic mass is 9.95. The van der Waals surface area contributed by atoms with Crippen LogP contribution in [0.25, 0.3) is 0 Å². The van der Waals surface area contributed by atoms with E-state index in [0.717, 1.165) is 6.54 Å². The minimum Gasteiger partial charge on any atom is -0.367 e. The molecule has 0 aromatic heterocycles. The predicted molar refractivity (Wildman–Crippen MR) is 54.8 cm³/mol. The number of allylic oxidation sites excluding steroid dienone is 1. The fourth-order valence-electron chi connectivity index (χ4n) is 1.95. The van der Waals surface area contributed by atoms with Crippen LogP contribution in [0.5, 0.6) is 0 Å². The molecular weight excluding hydrogens is 162 g/mol. The van der Waals surface area contributed by atoms with Gasteiger partial charge in [0.25, 0.3) is 0 Å². The number of nitrogens with zero attached hydrogens (tertiary/aromatic N) is 1. The van der Waals surface area contributed by atoms with E-state index in [9.17, 15) is 0 Å². The number of hydrogen-bond donors (Lipinski definition) is 2. The maximum atomic E-state index is 4.24. The largest absolute Gasteiger partial charge is 0.367 e. The molecule has 2 heterocycles. The van der Waals surface area contributed by atoms with E-state index in [1.54, 1.807) is 0 Å². The number of piperidine rings is 1. The van der Waals surface area contributed by atoms with E-state index >= 15 is 0 Å². The van der Waals surface area contributed by atoms with Crippen molar-refractivity contribution in [3.05, 3.63) is 11.8 Å². The lowest BCUT2D eigenvalue weighted by Crippen LogP contribution is -2.38. The standard InChI is InChI=1S/C10H17N3/c1-8-12-6-4-10(13-8)9-3-2-5-11-7-9/h4,6,8-9,11,13H,2-3,5,7H2,1H3. The zero-order valence-corrected chi connectivity index (χ0v) is 8.09. The molecule has 0 radical (unpaired) electrons. The number of hydrogen-bond acceptors (Lipinski definition) is 3. The van der Waals surface area contributed by atoms with E-state index in [-0.39, 0.29) is 6.17 Å². The summed E-state index contributed by atoms with van der Waals surface area (Å²) in [6.45, 7) is 4.37. The average molecular weight is 179 g/mol. The van der Waals surface area contributed by atoms with Crippen molar-refractivity contribution in [1.29, 1.82) is 0 Å². The summed E-state index contributed by atoms with van der Waals surface area (Å²) in [5, 5.41) is 6.83. The first kappa shape index (κ1) is 8.75. The molecule has 3 heteroatoms. The first-order valence-corrected chi connectivity index (χ1v) is 5.07. The molecule has 0 amide bonds. The van der Waals surface area contributed by atoms with Crippen molar-refractivity contribution in [2.75, 3.05) is 13.1 Å². The summed E-state index contributed by atoms with van der Waals surface area (Å²) >= 11 is 0. The van der Waals surface area contributed by atoms with Gasteiger partial charge in [-0.2, -0.15) is 0 Å². The third-order valence-corrected chi connectivity index (χ3v) is 2.68. The molecule has 1 saturated heterocycles. The molecule has 2 aliphatic heterocycles. The van der Waals surface area contributed by atoms with Gasteiger partial charge in [0.15, 0.2) is 0 Å². The minimum absolute atomic E-state index is 0.252. The topological polar surface area (TPSA) is 36.4 Å². The first-order valence-electron chi connectivity index (χ1n) is 5.07. The molecule has 0 spiro atoms. The Morgan fingerprint density at radius 2 is 2.46 bits per heavy atom. The van der Waals surface area contributed by atoms with Gasteiger partial charge in [-0.3, -0.25) is 4.99 Å². The summed E-state index contributed by atoms with van der Waals surface area (Å²) in [5.41, 5.74) is 1.36. The van der Waals surface area contributed by atoms with Crippen LogP contribution in [0.3, 0.4) is 0 Å². The van der Waals surface area contributed by atoms with Crippen molar-refractivity contribution in [2.24, 2.45) is 10.9 Å². The Balaban J connectivity index is 1.98. The Morgan fingerprint density at radius 1 is 1.54 bits per heavy atom. The van der Waals surface area contributed by atoms with E-state index in [2.05, 4.69) is 28.6 Å². The molecule has 3 nitrogen and oxygen atoms in total. The Kier molecular flexibility index (Phi) is 2.64. The molecule has 2 rings (SSSR count).